The van der Waals surface area contributed by atoms with Gasteiger partial charge in [-0.2, -0.15) is 0 Å². The van der Waals surface area contributed by atoms with E-state index in [1.807, 2.05) is 54.5 Å². The first-order chi connectivity index (χ1) is 9.16. The molecule has 98 valence electrons. The Labute approximate surface area is 113 Å². The smallest absolute Gasteiger partial charge is 0.303 e. The Morgan fingerprint density at radius 3 is 2.58 bits per heavy atom. The molecule has 3 nitrogen and oxygen atoms in total. The van der Waals surface area contributed by atoms with Gasteiger partial charge in [-0.15, -0.1) is 0 Å². The number of rotatable bonds is 4. The van der Waals surface area contributed by atoms with E-state index in [9.17, 15) is 4.79 Å². The molecule has 1 aliphatic heterocycles. The third kappa shape index (κ3) is 3.58. The van der Waals surface area contributed by atoms with E-state index in [0.29, 0.717) is 6.42 Å². The minimum absolute atomic E-state index is 0.135. The van der Waals surface area contributed by atoms with E-state index < -0.39 is 5.97 Å². The number of aryl methyl sites for hydroxylation is 1. The van der Waals surface area contributed by atoms with Crippen LogP contribution < -0.4 is 4.90 Å². The Balaban J connectivity index is 2.24. The van der Waals surface area contributed by atoms with Gasteiger partial charge in [0, 0.05) is 17.6 Å². The molecule has 1 aromatic rings. The molecule has 0 saturated heterocycles. The van der Waals surface area contributed by atoms with Crippen LogP contribution in [0.15, 0.2) is 60.5 Å². The van der Waals surface area contributed by atoms with Crippen molar-refractivity contribution in [2.45, 2.75) is 19.8 Å². The molecular weight excluding hydrogens is 238 g/mol. The molecule has 1 heterocycles. The summed E-state index contributed by atoms with van der Waals surface area (Å²) < 4.78 is 0. The number of hydrogen-bond donors (Lipinski definition) is 1. The van der Waals surface area contributed by atoms with E-state index >= 15 is 0 Å². The molecule has 0 unspecified atom stereocenters. The Bertz CT molecular complexity index is 538. The van der Waals surface area contributed by atoms with Gasteiger partial charge < -0.3 is 10.0 Å². The van der Waals surface area contributed by atoms with E-state index in [2.05, 4.69) is 12.1 Å². The first kappa shape index (κ1) is 13.1. The Kier molecular flexibility index (Phi) is 4.18. The van der Waals surface area contributed by atoms with E-state index in [0.717, 1.165) is 11.4 Å². The summed E-state index contributed by atoms with van der Waals surface area (Å²) in [4.78, 5) is 12.8. The van der Waals surface area contributed by atoms with Gasteiger partial charge in [0.1, 0.15) is 0 Å². The fourth-order valence-electron chi connectivity index (χ4n) is 1.94. The van der Waals surface area contributed by atoms with Crippen molar-refractivity contribution < 1.29 is 9.90 Å². The molecule has 0 spiro atoms. The van der Waals surface area contributed by atoms with Crippen LogP contribution in [0, 0.1) is 6.92 Å². The second-order valence-electron chi connectivity index (χ2n) is 4.48. The van der Waals surface area contributed by atoms with Gasteiger partial charge >= 0.3 is 5.97 Å². The highest BCUT2D eigenvalue weighted by molar-refractivity contribution is 5.68. The fourth-order valence-corrected chi connectivity index (χ4v) is 1.94. The predicted molar refractivity (Wildman–Crippen MR) is 76.9 cm³/mol. The average molecular weight is 255 g/mol. The highest BCUT2D eigenvalue weighted by atomic mass is 16.4. The summed E-state index contributed by atoms with van der Waals surface area (Å²) in [6.45, 7) is 2.05. The maximum atomic E-state index is 10.7. The third-order valence-electron chi connectivity index (χ3n) is 2.96. The molecule has 1 N–H and O–H groups in total. The molecule has 0 radical (unpaired) electrons. The number of aliphatic carboxylic acids is 1. The maximum Gasteiger partial charge on any atom is 0.303 e. The quantitative estimate of drug-likeness (QED) is 0.893. The van der Waals surface area contributed by atoms with Gasteiger partial charge in [-0.3, -0.25) is 4.79 Å². The van der Waals surface area contributed by atoms with Gasteiger partial charge in [-0.1, -0.05) is 29.8 Å². The molecule has 3 heteroatoms. The lowest BCUT2D eigenvalue weighted by Crippen LogP contribution is -2.16. The van der Waals surface area contributed by atoms with Crippen LogP contribution in [0.4, 0.5) is 5.69 Å². The number of nitrogens with zero attached hydrogens (tertiary/aromatic N) is 1. The molecule has 19 heavy (non-hydrogen) atoms. The third-order valence-corrected chi connectivity index (χ3v) is 2.96. The molecule has 1 aliphatic rings. The first-order valence-electron chi connectivity index (χ1n) is 6.28. The van der Waals surface area contributed by atoms with Gasteiger partial charge in [-0.25, -0.2) is 0 Å². The molecular formula is C16H17NO2. The molecule has 2 rings (SSSR count). The number of allylic oxidation sites excluding steroid dienone is 5. The lowest BCUT2D eigenvalue weighted by atomic mass is 10.1. The highest BCUT2D eigenvalue weighted by Gasteiger charge is 2.11. The Hall–Kier alpha value is -2.29. The molecule has 0 atom stereocenters. The van der Waals surface area contributed by atoms with E-state index in [1.165, 1.54) is 5.56 Å². The summed E-state index contributed by atoms with van der Waals surface area (Å²) in [5.41, 5.74) is 3.23. The molecule has 0 amide bonds. The zero-order valence-corrected chi connectivity index (χ0v) is 10.9. The molecule has 0 aliphatic carbocycles. The topological polar surface area (TPSA) is 40.5 Å². The van der Waals surface area contributed by atoms with Crippen molar-refractivity contribution in [2.24, 2.45) is 0 Å². The van der Waals surface area contributed by atoms with Crippen LogP contribution in [0.3, 0.4) is 0 Å². The Morgan fingerprint density at radius 1 is 1.16 bits per heavy atom. The highest BCUT2D eigenvalue weighted by Crippen LogP contribution is 2.24. The number of benzene rings is 1. The SMILES string of the molecule is Cc1ccc(N2C=CC=CC=C2CCC(=O)O)cc1. The van der Waals surface area contributed by atoms with E-state index in [4.69, 9.17) is 5.11 Å². The van der Waals surface area contributed by atoms with Crippen molar-refractivity contribution in [1.82, 2.24) is 0 Å². The van der Waals surface area contributed by atoms with Crippen molar-refractivity contribution in [3.63, 3.8) is 0 Å². The standard InChI is InChI=1S/C16H17NO2/c1-13-6-8-15(9-7-13)17-12-4-2-3-5-14(17)10-11-16(18)19/h2-9,12H,10-11H2,1H3,(H,18,19). The monoisotopic (exact) mass is 255 g/mol. The molecule has 0 bridgehead atoms. The summed E-state index contributed by atoms with van der Waals surface area (Å²) >= 11 is 0. The van der Waals surface area contributed by atoms with Crippen molar-refractivity contribution in [2.75, 3.05) is 4.90 Å². The number of carboxylic acid groups (broad SMARTS) is 1. The lowest BCUT2D eigenvalue weighted by molar-refractivity contribution is -0.136. The van der Waals surface area contributed by atoms with Crippen molar-refractivity contribution in [3.05, 3.63) is 66.0 Å². The predicted octanol–water partition coefficient (Wildman–Crippen LogP) is 3.63. The minimum atomic E-state index is -0.776. The van der Waals surface area contributed by atoms with E-state index in [-0.39, 0.29) is 6.42 Å². The van der Waals surface area contributed by atoms with Crippen molar-refractivity contribution in [3.8, 4) is 0 Å². The Morgan fingerprint density at radius 2 is 1.89 bits per heavy atom. The minimum Gasteiger partial charge on any atom is -0.481 e. The van der Waals surface area contributed by atoms with Gasteiger partial charge in [0.2, 0.25) is 0 Å². The molecule has 1 aromatic carbocycles. The van der Waals surface area contributed by atoms with Crippen molar-refractivity contribution in [1.29, 1.82) is 0 Å². The maximum absolute atomic E-state index is 10.7. The molecule has 0 saturated carbocycles. The van der Waals surface area contributed by atoms with E-state index in [1.54, 1.807) is 0 Å². The summed E-state index contributed by atoms with van der Waals surface area (Å²) in [5.74, 6) is -0.776. The largest absolute Gasteiger partial charge is 0.481 e. The van der Waals surface area contributed by atoms with Crippen LogP contribution in [0.25, 0.3) is 0 Å². The van der Waals surface area contributed by atoms with Crippen LogP contribution in [-0.2, 0) is 4.79 Å². The normalized spacial score (nSPS) is 14.2. The lowest BCUT2D eigenvalue weighted by Gasteiger charge is -2.23. The van der Waals surface area contributed by atoms with Crippen LogP contribution in [0.2, 0.25) is 0 Å². The van der Waals surface area contributed by atoms with Crippen LogP contribution in [0.1, 0.15) is 18.4 Å². The number of hydrogen-bond acceptors (Lipinski definition) is 2. The summed E-state index contributed by atoms with van der Waals surface area (Å²) in [6.07, 6.45) is 10.4. The zero-order chi connectivity index (χ0) is 13.7. The van der Waals surface area contributed by atoms with Gasteiger partial charge in [0.05, 0.1) is 6.42 Å². The van der Waals surface area contributed by atoms with Gasteiger partial charge in [-0.05, 0) is 37.6 Å². The van der Waals surface area contributed by atoms with Crippen LogP contribution in [-0.4, -0.2) is 11.1 Å². The number of anilines is 1. The van der Waals surface area contributed by atoms with Crippen LogP contribution in [0.5, 0.6) is 0 Å². The first-order valence-corrected chi connectivity index (χ1v) is 6.28. The molecule has 0 aromatic heterocycles. The number of carbonyl (C=O) groups is 1. The number of carboxylic acids is 1. The van der Waals surface area contributed by atoms with Gasteiger partial charge in [0.15, 0.2) is 0 Å². The summed E-state index contributed by atoms with van der Waals surface area (Å²) in [7, 11) is 0. The summed E-state index contributed by atoms with van der Waals surface area (Å²) in [6, 6.07) is 8.19. The second kappa shape index (κ2) is 6.05. The molecule has 0 fully saturated rings. The van der Waals surface area contributed by atoms with Crippen LogP contribution >= 0.6 is 0 Å². The fraction of sp³-hybridized carbons (Fsp3) is 0.188. The average Bonchev–Trinajstić information content (AvgIpc) is 2.62. The van der Waals surface area contributed by atoms with Crippen molar-refractivity contribution >= 4 is 11.7 Å². The zero-order valence-electron chi connectivity index (χ0n) is 10.9. The van der Waals surface area contributed by atoms with Gasteiger partial charge in [0.25, 0.3) is 0 Å². The second-order valence-corrected chi connectivity index (χ2v) is 4.48. The summed E-state index contributed by atoms with van der Waals surface area (Å²) in [5, 5.41) is 8.83.